The summed E-state index contributed by atoms with van der Waals surface area (Å²) in [7, 11) is 0. The Bertz CT molecular complexity index is 2350. The maximum atomic E-state index is 9.64. The molecule has 256 valence electrons. The fraction of sp³-hybridized carbons (Fsp3) is 0.292. The summed E-state index contributed by atoms with van der Waals surface area (Å²) >= 11 is 0. The van der Waals surface area contributed by atoms with E-state index in [1.165, 1.54) is 59.9 Å². The third kappa shape index (κ3) is 5.55. The molecule has 5 aromatic carbocycles. The summed E-state index contributed by atoms with van der Waals surface area (Å²) in [6, 6.07) is 43.1. The van der Waals surface area contributed by atoms with Gasteiger partial charge >= 0.3 is 0 Å². The van der Waals surface area contributed by atoms with E-state index in [4.69, 9.17) is 15.0 Å². The number of hydrogen-bond acceptors (Lipinski definition) is 4. The number of benzene rings is 5. The van der Waals surface area contributed by atoms with Gasteiger partial charge in [0, 0.05) is 22.1 Å². The Morgan fingerprint density at radius 1 is 0.558 bits per heavy atom. The largest absolute Gasteiger partial charge is 0.208 e. The molecule has 4 heteroatoms. The number of nitriles is 1. The molecule has 3 aliphatic carbocycles. The Morgan fingerprint density at radius 2 is 1.12 bits per heavy atom. The predicted octanol–water partition coefficient (Wildman–Crippen LogP) is 11.8. The first-order chi connectivity index (χ1) is 25.2. The second-order valence-electron chi connectivity index (χ2n) is 16.5. The van der Waals surface area contributed by atoms with Crippen LogP contribution in [0.15, 0.2) is 115 Å². The summed E-state index contributed by atoms with van der Waals surface area (Å²) in [6.07, 6.45) is 6.62. The summed E-state index contributed by atoms with van der Waals surface area (Å²) in [5, 5.41) is 9.64. The molecule has 6 aromatic rings. The fourth-order valence-corrected chi connectivity index (χ4v) is 10.2. The van der Waals surface area contributed by atoms with Crippen molar-refractivity contribution in [1.82, 2.24) is 15.0 Å². The molecule has 0 saturated heterocycles. The minimum Gasteiger partial charge on any atom is -0.208 e. The molecule has 4 nitrogen and oxygen atoms in total. The van der Waals surface area contributed by atoms with Crippen LogP contribution in [0.4, 0.5) is 0 Å². The number of nitrogens with zero attached hydrogens (tertiary/aromatic N) is 4. The molecule has 2 saturated carbocycles. The van der Waals surface area contributed by atoms with E-state index in [0.717, 1.165) is 45.6 Å². The Hall–Kier alpha value is -5.40. The van der Waals surface area contributed by atoms with E-state index < -0.39 is 0 Å². The van der Waals surface area contributed by atoms with E-state index in [9.17, 15) is 5.26 Å². The van der Waals surface area contributed by atoms with Crippen LogP contribution in [-0.2, 0) is 10.8 Å². The van der Waals surface area contributed by atoms with Crippen LogP contribution < -0.4 is 0 Å². The lowest BCUT2D eigenvalue weighted by Gasteiger charge is -2.50. The number of rotatable bonds is 5. The molecule has 1 aromatic heterocycles. The molecule has 1 heterocycles. The molecule has 0 amide bonds. The van der Waals surface area contributed by atoms with Crippen LogP contribution in [0.1, 0.15) is 82.1 Å². The molecule has 4 atom stereocenters. The van der Waals surface area contributed by atoms with Gasteiger partial charge in [0.2, 0.25) is 0 Å². The lowest BCUT2D eigenvalue weighted by Crippen LogP contribution is -2.42. The van der Waals surface area contributed by atoms with E-state index in [2.05, 4.69) is 131 Å². The highest BCUT2D eigenvalue weighted by atomic mass is 15.0. The van der Waals surface area contributed by atoms with Crippen LogP contribution >= 0.6 is 0 Å². The first-order valence-electron chi connectivity index (χ1n) is 18.9. The fourth-order valence-electron chi connectivity index (χ4n) is 10.2. The highest BCUT2D eigenvalue weighted by Crippen LogP contribution is 2.54. The van der Waals surface area contributed by atoms with Gasteiger partial charge in [-0.3, -0.25) is 0 Å². The van der Waals surface area contributed by atoms with E-state index >= 15 is 0 Å². The topological polar surface area (TPSA) is 62.5 Å². The first kappa shape index (κ1) is 32.5. The standard InChI is InChI=1S/C48H44N4/c1-30-21-33-22-31(2)27-48(26-30,28-33)39-17-14-35(15-18-39)44-50-45(37-12-8-11-36(24-37)34-9-6-5-7-10-34)52-46(51-44)38-16-20-41-40-19-13-32(29-49)23-42(40)47(3,4)43(41)25-38/h5-20,23-25,30-31,33H,21-22,26-28H2,1-4H3/t30-,31+,33?,48?. The van der Waals surface area contributed by atoms with Gasteiger partial charge in [0.1, 0.15) is 0 Å². The molecule has 52 heavy (non-hydrogen) atoms. The van der Waals surface area contributed by atoms with E-state index in [1.54, 1.807) is 0 Å². The van der Waals surface area contributed by atoms with Gasteiger partial charge in [-0.25, -0.2) is 15.0 Å². The average molecular weight is 677 g/mol. The predicted molar refractivity (Wildman–Crippen MR) is 210 cm³/mol. The van der Waals surface area contributed by atoms with Crippen LogP contribution in [-0.4, -0.2) is 15.0 Å². The van der Waals surface area contributed by atoms with Crippen molar-refractivity contribution in [2.75, 3.05) is 0 Å². The summed E-state index contributed by atoms with van der Waals surface area (Å²) in [5.41, 5.74) is 12.2. The lowest BCUT2D eigenvalue weighted by atomic mass is 9.54. The highest BCUT2D eigenvalue weighted by Gasteiger charge is 2.45. The van der Waals surface area contributed by atoms with Crippen LogP contribution in [0.2, 0.25) is 0 Å². The minimum atomic E-state index is -0.266. The summed E-state index contributed by atoms with van der Waals surface area (Å²) in [4.78, 5) is 15.5. The SMILES string of the molecule is C[C@@H]1CC2C[C@H](C)CC(c3ccc(-c4nc(-c5cccc(-c6ccccc6)c5)nc(-c5ccc6c(c5)C(C)(C)c5cc(C#N)ccc5-6)n4)cc3)(C2)C1. The number of hydrogen-bond donors (Lipinski definition) is 0. The van der Waals surface area contributed by atoms with Gasteiger partial charge in [0.25, 0.3) is 0 Å². The quantitative estimate of drug-likeness (QED) is 0.182. The van der Waals surface area contributed by atoms with Crippen LogP contribution in [0.3, 0.4) is 0 Å². The van der Waals surface area contributed by atoms with Crippen molar-refractivity contribution >= 4 is 0 Å². The zero-order valence-corrected chi connectivity index (χ0v) is 30.5. The van der Waals surface area contributed by atoms with Crippen molar-refractivity contribution in [2.24, 2.45) is 17.8 Å². The molecule has 2 bridgehead atoms. The van der Waals surface area contributed by atoms with Gasteiger partial charge in [-0.2, -0.15) is 5.26 Å². The van der Waals surface area contributed by atoms with Gasteiger partial charge in [0.15, 0.2) is 17.5 Å². The summed E-state index contributed by atoms with van der Waals surface area (Å²) < 4.78 is 0. The van der Waals surface area contributed by atoms with E-state index in [0.29, 0.717) is 23.0 Å². The Balaban J connectivity index is 1.15. The van der Waals surface area contributed by atoms with Crippen molar-refractivity contribution in [1.29, 1.82) is 5.26 Å². The molecular weight excluding hydrogens is 633 g/mol. The minimum absolute atomic E-state index is 0.266. The van der Waals surface area contributed by atoms with Gasteiger partial charge in [-0.15, -0.1) is 0 Å². The molecular formula is C48H44N4. The molecule has 0 aliphatic heterocycles. The molecule has 9 rings (SSSR count). The van der Waals surface area contributed by atoms with Crippen LogP contribution in [0.25, 0.3) is 56.4 Å². The third-order valence-corrected chi connectivity index (χ3v) is 12.3. The Labute approximate surface area is 307 Å². The van der Waals surface area contributed by atoms with Crippen molar-refractivity contribution < 1.29 is 0 Å². The van der Waals surface area contributed by atoms with Gasteiger partial charge in [-0.05, 0) is 118 Å². The molecule has 0 radical (unpaired) electrons. The van der Waals surface area contributed by atoms with Gasteiger partial charge in [-0.1, -0.05) is 119 Å². The van der Waals surface area contributed by atoms with Crippen molar-refractivity contribution in [2.45, 2.75) is 70.6 Å². The first-order valence-corrected chi connectivity index (χ1v) is 18.9. The van der Waals surface area contributed by atoms with E-state index in [-0.39, 0.29) is 10.8 Å². The van der Waals surface area contributed by atoms with Crippen LogP contribution in [0, 0.1) is 29.1 Å². The van der Waals surface area contributed by atoms with Gasteiger partial charge in [0.05, 0.1) is 11.6 Å². The molecule has 2 fully saturated rings. The smallest absolute Gasteiger partial charge is 0.164 e. The average Bonchev–Trinajstić information content (AvgIpc) is 3.39. The van der Waals surface area contributed by atoms with Gasteiger partial charge < -0.3 is 0 Å². The maximum absolute atomic E-state index is 9.64. The summed E-state index contributed by atoms with van der Waals surface area (Å²) in [6.45, 7) is 9.39. The van der Waals surface area contributed by atoms with Crippen molar-refractivity contribution in [3.63, 3.8) is 0 Å². The lowest BCUT2D eigenvalue weighted by molar-refractivity contribution is 0.0780. The molecule has 3 aliphatic rings. The second kappa shape index (κ2) is 12.4. The normalized spacial score (nSPS) is 22.6. The Kier molecular flexibility index (Phi) is 7.74. The third-order valence-electron chi connectivity index (χ3n) is 12.3. The maximum Gasteiger partial charge on any atom is 0.164 e. The zero-order chi connectivity index (χ0) is 35.6. The zero-order valence-electron chi connectivity index (χ0n) is 30.5. The summed E-state index contributed by atoms with van der Waals surface area (Å²) in [5.74, 6) is 4.38. The van der Waals surface area contributed by atoms with Crippen molar-refractivity contribution in [3.05, 3.63) is 138 Å². The number of fused-ring (bicyclic) bond motifs is 5. The molecule has 0 N–H and O–H groups in total. The Morgan fingerprint density at radius 3 is 1.79 bits per heavy atom. The highest BCUT2D eigenvalue weighted by molar-refractivity contribution is 5.84. The molecule has 0 spiro atoms. The van der Waals surface area contributed by atoms with Crippen LogP contribution in [0.5, 0.6) is 0 Å². The number of aromatic nitrogens is 3. The van der Waals surface area contributed by atoms with E-state index in [1.807, 2.05) is 18.2 Å². The molecule has 2 unspecified atom stereocenters. The second-order valence-corrected chi connectivity index (χ2v) is 16.5. The van der Waals surface area contributed by atoms with Crippen molar-refractivity contribution in [3.8, 4) is 62.5 Å². The monoisotopic (exact) mass is 676 g/mol.